The van der Waals surface area contributed by atoms with Crippen molar-refractivity contribution in [3.8, 4) is 5.75 Å². The molecule has 120 valence electrons. The molecule has 0 heterocycles. The van der Waals surface area contributed by atoms with Crippen molar-refractivity contribution < 1.29 is 14.3 Å². The van der Waals surface area contributed by atoms with Crippen LogP contribution >= 0.6 is 27.5 Å². The van der Waals surface area contributed by atoms with E-state index in [1.165, 1.54) is 0 Å². The molecular weight excluding hydrogens is 384 g/mol. The van der Waals surface area contributed by atoms with Crippen molar-refractivity contribution in [3.05, 3.63) is 63.6 Å². The Morgan fingerprint density at radius 1 is 1.09 bits per heavy atom. The van der Waals surface area contributed by atoms with E-state index in [0.29, 0.717) is 16.3 Å². The molecule has 0 saturated carbocycles. The second-order valence-corrected chi connectivity index (χ2v) is 5.92. The molecule has 0 unspecified atom stereocenters. The lowest BCUT2D eigenvalue weighted by molar-refractivity contribution is -0.122. The number of hydrazine groups is 1. The van der Waals surface area contributed by atoms with Gasteiger partial charge in [0.2, 0.25) is 5.91 Å². The Bertz CT molecular complexity index is 692. The van der Waals surface area contributed by atoms with Gasteiger partial charge in [0, 0.05) is 15.1 Å². The predicted molar refractivity (Wildman–Crippen MR) is 91.3 cm³/mol. The van der Waals surface area contributed by atoms with Gasteiger partial charge in [-0.2, -0.15) is 0 Å². The summed E-state index contributed by atoms with van der Waals surface area (Å²) >= 11 is 9.11. The number of amides is 2. The van der Waals surface area contributed by atoms with E-state index in [9.17, 15) is 9.59 Å². The fourth-order valence-corrected chi connectivity index (χ4v) is 2.13. The fraction of sp³-hybridized carbons (Fsp3) is 0.125. The molecule has 2 aromatic rings. The highest BCUT2D eigenvalue weighted by Gasteiger charge is 2.07. The maximum atomic E-state index is 11.8. The number of rotatable bonds is 5. The summed E-state index contributed by atoms with van der Waals surface area (Å²) in [5.74, 6) is -0.150. The SMILES string of the molecule is O=C(CCOc1cccc(Cl)c1)NNC(=O)c1ccc(Br)cc1. The van der Waals surface area contributed by atoms with Crippen molar-refractivity contribution >= 4 is 39.3 Å². The van der Waals surface area contributed by atoms with Gasteiger partial charge in [-0.3, -0.25) is 20.4 Å². The van der Waals surface area contributed by atoms with Gasteiger partial charge >= 0.3 is 0 Å². The summed E-state index contributed by atoms with van der Waals surface area (Å²) in [5, 5.41) is 0.564. The van der Waals surface area contributed by atoms with E-state index in [4.69, 9.17) is 16.3 Å². The number of benzene rings is 2. The van der Waals surface area contributed by atoms with Crippen LogP contribution in [0, 0.1) is 0 Å². The molecule has 7 heteroatoms. The van der Waals surface area contributed by atoms with E-state index in [1.807, 2.05) is 0 Å². The molecule has 0 aromatic heterocycles. The number of nitrogens with one attached hydrogen (secondary N) is 2. The summed E-state index contributed by atoms with van der Waals surface area (Å²) in [6.07, 6.45) is 0.104. The number of halogens is 2. The lowest BCUT2D eigenvalue weighted by Crippen LogP contribution is -2.42. The van der Waals surface area contributed by atoms with E-state index < -0.39 is 0 Å². The first-order chi connectivity index (χ1) is 11.0. The van der Waals surface area contributed by atoms with Gasteiger partial charge in [0.1, 0.15) is 5.75 Å². The van der Waals surface area contributed by atoms with Gasteiger partial charge in [-0.1, -0.05) is 33.6 Å². The topological polar surface area (TPSA) is 67.4 Å². The molecule has 0 aliphatic heterocycles. The summed E-state index contributed by atoms with van der Waals surface area (Å²) in [7, 11) is 0. The zero-order valence-corrected chi connectivity index (χ0v) is 14.4. The van der Waals surface area contributed by atoms with Gasteiger partial charge in [-0.15, -0.1) is 0 Å². The van der Waals surface area contributed by atoms with E-state index in [2.05, 4.69) is 26.8 Å². The molecule has 0 radical (unpaired) electrons. The number of hydrogen-bond donors (Lipinski definition) is 2. The van der Waals surface area contributed by atoms with E-state index in [0.717, 1.165) is 4.47 Å². The van der Waals surface area contributed by atoms with Crippen LogP contribution in [0.3, 0.4) is 0 Å². The summed E-state index contributed by atoms with van der Waals surface area (Å²) in [6, 6.07) is 13.7. The number of ether oxygens (including phenoxy) is 1. The number of hydrogen-bond acceptors (Lipinski definition) is 3. The maximum Gasteiger partial charge on any atom is 0.269 e. The van der Waals surface area contributed by atoms with E-state index in [1.54, 1.807) is 48.5 Å². The van der Waals surface area contributed by atoms with Crippen LogP contribution in [0.1, 0.15) is 16.8 Å². The first-order valence-electron chi connectivity index (χ1n) is 6.78. The second kappa shape index (κ2) is 8.55. The molecule has 2 rings (SSSR count). The van der Waals surface area contributed by atoms with E-state index in [-0.39, 0.29) is 24.8 Å². The average molecular weight is 398 g/mol. The monoisotopic (exact) mass is 396 g/mol. The summed E-state index contributed by atoms with van der Waals surface area (Å²) in [6.45, 7) is 0.181. The van der Waals surface area contributed by atoms with Crippen LogP contribution in [0.5, 0.6) is 5.75 Å². The Labute approximate surface area is 147 Å². The van der Waals surface area contributed by atoms with Gasteiger partial charge in [0.25, 0.3) is 5.91 Å². The smallest absolute Gasteiger partial charge is 0.269 e. The molecule has 2 aromatic carbocycles. The van der Waals surface area contributed by atoms with Crippen LogP contribution in [-0.2, 0) is 4.79 Å². The second-order valence-electron chi connectivity index (χ2n) is 4.57. The molecule has 0 fully saturated rings. The van der Waals surface area contributed by atoms with Crippen molar-refractivity contribution in [3.63, 3.8) is 0 Å². The Hall–Kier alpha value is -2.05. The maximum absolute atomic E-state index is 11.8. The van der Waals surface area contributed by atoms with Gasteiger partial charge < -0.3 is 4.74 Å². The van der Waals surface area contributed by atoms with Crippen LogP contribution in [0.4, 0.5) is 0 Å². The Balaban J connectivity index is 1.70. The third-order valence-electron chi connectivity index (χ3n) is 2.82. The normalized spacial score (nSPS) is 10.0. The third-order valence-corrected chi connectivity index (χ3v) is 3.58. The molecule has 0 bridgehead atoms. The quantitative estimate of drug-likeness (QED) is 0.761. The van der Waals surface area contributed by atoms with Crippen molar-refractivity contribution in [2.24, 2.45) is 0 Å². The van der Waals surface area contributed by atoms with Crippen LogP contribution in [0.25, 0.3) is 0 Å². The molecule has 0 spiro atoms. The summed E-state index contributed by atoms with van der Waals surface area (Å²) < 4.78 is 6.27. The summed E-state index contributed by atoms with van der Waals surface area (Å²) in [5.41, 5.74) is 5.13. The van der Waals surface area contributed by atoms with Gasteiger partial charge in [0.05, 0.1) is 13.0 Å². The van der Waals surface area contributed by atoms with Crippen LogP contribution in [0.15, 0.2) is 53.0 Å². The van der Waals surface area contributed by atoms with Crippen LogP contribution < -0.4 is 15.6 Å². The molecule has 23 heavy (non-hydrogen) atoms. The van der Waals surface area contributed by atoms with Crippen molar-refractivity contribution in [1.29, 1.82) is 0 Å². The number of carbonyl (C=O) groups is 2. The highest BCUT2D eigenvalue weighted by Crippen LogP contribution is 2.17. The fourth-order valence-electron chi connectivity index (χ4n) is 1.68. The van der Waals surface area contributed by atoms with Gasteiger partial charge in [0.15, 0.2) is 0 Å². The Kier molecular flexibility index (Phi) is 6.43. The minimum atomic E-state index is -0.387. The number of carbonyl (C=O) groups excluding carboxylic acids is 2. The molecule has 0 saturated heterocycles. The molecule has 0 atom stereocenters. The largest absolute Gasteiger partial charge is 0.493 e. The minimum Gasteiger partial charge on any atom is -0.493 e. The Morgan fingerprint density at radius 3 is 2.52 bits per heavy atom. The lowest BCUT2D eigenvalue weighted by Gasteiger charge is -2.09. The first-order valence-corrected chi connectivity index (χ1v) is 7.95. The van der Waals surface area contributed by atoms with Crippen LogP contribution in [-0.4, -0.2) is 18.4 Å². The first kappa shape index (κ1) is 17.3. The molecule has 5 nitrogen and oxygen atoms in total. The summed E-state index contributed by atoms with van der Waals surface area (Å²) in [4.78, 5) is 23.5. The van der Waals surface area contributed by atoms with Crippen molar-refractivity contribution in [2.45, 2.75) is 6.42 Å². The average Bonchev–Trinajstić information content (AvgIpc) is 2.53. The molecule has 2 N–H and O–H groups in total. The highest BCUT2D eigenvalue weighted by atomic mass is 79.9. The standard InChI is InChI=1S/C16H14BrClN2O3/c17-12-6-4-11(5-7-12)16(22)20-19-15(21)8-9-23-14-3-1-2-13(18)10-14/h1-7,10H,8-9H2,(H,19,21)(H,20,22). The van der Waals surface area contributed by atoms with E-state index >= 15 is 0 Å². The third kappa shape index (κ3) is 5.92. The molecule has 2 amide bonds. The molecule has 0 aliphatic rings. The molecule has 0 aliphatic carbocycles. The van der Waals surface area contributed by atoms with Crippen molar-refractivity contribution in [2.75, 3.05) is 6.61 Å². The van der Waals surface area contributed by atoms with Gasteiger partial charge in [-0.25, -0.2) is 0 Å². The molecular formula is C16H14BrClN2O3. The van der Waals surface area contributed by atoms with Crippen molar-refractivity contribution in [1.82, 2.24) is 10.9 Å². The lowest BCUT2D eigenvalue weighted by atomic mass is 10.2. The predicted octanol–water partition coefficient (Wildman–Crippen LogP) is 3.33. The Morgan fingerprint density at radius 2 is 1.83 bits per heavy atom. The zero-order valence-electron chi connectivity index (χ0n) is 12.0. The minimum absolute atomic E-state index is 0.104. The van der Waals surface area contributed by atoms with Crippen LogP contribution in [0.2, 0.25) is 5.02 Å². The van der Waals surface area contributed by atoms with Gasteiger partial charge in [-0.05, 0) is 42.5 Å². The highest BCUT2D eigenvalue weighted by molar-refractivity contribution is 9.10. The zero-order chi connectivity index (χ0) is 16.7.